The minimum atomic E-state index is -2.13. The van der Waals surface area contributed by atoms with E-state index < -0.39 is 9.46 Å². The van der Waals surface area contributed by atoms with Crippen molar-refractivity contribution in [1.29, 1.82) is 0 Å². The SMILES string of the molecule is CCCCCCCC[N+](C)(CCCCCCCC)CCCCCCCC.CCCCCCCC[N+](C)(CCCCCCCC)CCCCCCCC.[Cl][Pd-2]([Cl])([Br])[Br]. The molecule has 0 aliphatic rings. The van der Waals surface area contributed by atoms with Gasteiger partial charge in [0.1, 0.15) is 0 Å². The Balaban J connectivity index is -0.000000913. The van der Waals surface area contributed by atoms with Crippen molar-refractivity contribution >= 4 is 45.9 Å². The number of halogens is 4. The van der Waals surface area contributed by atoms with E-state index >= 15 is 0 Å². The van der Waals surface area contributed by atoms with Crippen LogP contribution in [0.5, 0.6) is 0 Å². The molecule has 2 nitrogen and oxygen atoms in total. The molecule has 0 rings (SSSR count). The van der Waals surface area contributed by atoms with Gasteiger partial charge >= 0.3 is 55.4 Å². The van der Waals surface area contributed by atoms with Crippen molar-refractivity contribution in [2.24, 2.45) is 0 Å². The number of hydrogen-bond acceptors (Lipinski definition) is 0. The first-order valence-electron chi connectivity index (χ1n) is 25.5. The molecule has 0 aliphatic carbocycles. The normalized spacial score (nSPS) is 12.3. The molecule has 0 aliphatic heterocycles. The Labute approximate surface area is 387 Å². The van der Waals surface area contributed by atoms with E-state index in [0.29, 0.717) is 0 Å². The Morgan fingerprint density at radius 3 is 0.491 bits per heavy atom. The number of quaternary nitrogens is 2. The molecule has 0 aromatic rings. The van der Waals surface area contributed by atoms with Crippen LogP contribution in [0.1, 0.15) is 273 Å². The molecule has 0 fully saturated rings. The van der Waals surface area contributed by atoms with Crippen molar-refractivity contribution in [2.75, 3.05) is 53.4 Å². The van der Waals surface area contributed by atoms with Crippen molar-refractivity contribution in [3.05, 3.63) is 0 Å². The maximum atomic E-state index is 5.28. The Hall–Kier alpha value is 2.12. The van der Waals surface area contributed by atoms with E-state index in [9.17, 15) is 0 Å². The van der Waals surface area contributed by atoms with Crippen molar-refractivity contribution in [2.45, 2.75) is 273 Å². The first kappa shape index (κ1) is 63.4. The monoisotopic (exact) mass is 1070 g/mol. The topological polar surface area (TPSA) is 0 Å². The molecule has 0 spiro atoms. The van der Waals surface area contributed by atoms with Crippen LogP contribution < -0.4 is 0 Å². The van der Waals surface area contributed by atoms with Gasteiger partial charge in [0.25, 0.3) is 0 Å². The van der Waals surface area contributed by atoms with E-state index in [1.165, 1.54) is 279 Å². The van der Waals surface area contributed by atoms with Crippen LogP contribution in [0.2, 0.25) is 0 Å². The van der Waals surface area contributed by atoms with Crippen molar-refractivity contribution in [3.8, 4) is 0 Å². The molecule has 0 saturated heterocycles. The fourth-order valence-corrected chi connectivity index (χ4v) is 8.31. The van der Waals surface area contributed by atoms with Crippen molar-refractivity contribution in [1.82, 2.24) is 0 Å². The summed E-state index contributed by atoms with van der Waals surface area (Å²) >= 11 is 5.95. The predicted octanol–water partition coefficient (Wildman–Crippen LogP) is 20.1. The van der Waals surface area contributed by atoms with E-state index in [0.717, 1.165) is 0 Å². The molecule has 0 heterocycles. The average Bonchev–Trinajstić information content (AvgIpc) is 3.16. The average molecular weight is 1070 g/mol. The third-order valence-corrected chi connectivity index (χ3v) is 12.3. The van der Waals surface area contributed by atoms with Crippen LogP contribution in [0.15, 0.2) is 0 Å². The standard InChI is InChI=1S/2C25H54N.2BrH.2ClH.Pd/c2*1-5-8-11-14-17-20-23-26(4,24-21-18-15-12-9-6-2)25-22-19-16-13-10-7-3;;;;;/h2*5-25H2,1-4H3;4*1H;/q2*+1;;;;;+2/p-4. The summed E-state index contributed by atoms with van der Waals surface area (Å²) in [5, 5.41) is 0. The molecule has 0 atom stereocenters. The molecule has 0 amide bonds. The second-order valence-corrected chi connectivity index (χ2v) is 44.5. The van der Waals surface area contributed by atoms with Gasteiger partial charge in [0.2, 0.25) is 0 Å². The van der Waals surface area contributed by atoms with Gasteiger partial charge in [-0.3, -0.25) is 0 Å². The summed E-state index contributed by atoms with van der Waals surface area (Å²) in [5.74, 6) is 0. The van der Waals surface area contributed by atoms with E-state index in [1.54, 1.807) is 0 Å². The summed E-state index contributed by atoms with van der Waals surface area (Å²) in [6.45, 7) is 22.4. The molecule has 0 bridgehead atoms. The van der Waals surface area contributed by atoms with E-state index in [-0.39, 0.29) is 0 Å². The molecule has 0 N–H and O–H groups in total. The van der Waals surface area contributed by atoms with Gasteiger partial charge in [-0.1, -0.05) is 196 Å². The van der Waals surface area contributed by atoms with Crippen LogP contribution in [0.3, 0.4) is 0 Å². The van der Waals surface area contributed by atoms with Gasteiger partial charge in [0.05, 0.1) is 53.4 Å². The number of unbranched alkanes of at least 4 members (excludes halogenated alkanes) is 30. The van der Waals surface area contributed by atoms with Gasteiger partial charge in [-0.25, -0.2) is 0 Å². The first-order chi connectivity index (χ1) is 27.4. The number of rotatable bonds is 42. The predicted molar refractivity (Wildman–Crippen MR) is 271 cm³/mol. The van der Waals surface area contributed by atoms with Gasteiger partial charge in [0, 0.05) is 0 Å². The minimum absolute atomic E-state index is 1.36. The Morgan fingerprint density at radius 1 is 0.263 bits per heavy atom. The summed E-state index contributed by atoms with van der Waals surface area (Å²) in [4.78, 5) is 0. The summed E-state index contributed by atoms with van der Waals surface area (Å²) < 4.78 is 2.71. The second-order valence-electron chi connectivity index (χ2n) is 18.5. The molecule has 0 saturated carbocycles. The van der Waals surface area contributed by atoms with Crippen LogP contribution in [-0.4, -0.2) is 62.3 Å². The van der Waals surface area contributed by atoms with E-state index in [4.69, 9.17) is 19.1 Å². The van der Waals surface area contributed by atoms with E-state index in [1.807, 2.05) is 0 Å². The van der Waals surface area contributed by atoms with Gasteiger partial charge in [-0.15, -0.1) is 0 Å². The molecular formula is C50H108Br2Cl2N2Pd. The first-order valence-corrected chi connectivity index (χ1v) is 36.6. The summed E-state index contributed by atoms with van der Waals surface area (Å²) in [7, 11) is 13.5. The van der Waals surface area contributed by atoms with Crippen molar-refractivity contribution in [3.63, 3.8) is 0 Å². The van der Waals surface area contributed by atoms with Crippen LogP contribution in [0.4, 0.5) is 0 Å². The Morgan fingerprint density at radius 2 is 0.368 bits per heavy atom. The molecule has 0 aromatic carbocycles. The second kappa shape index (κ2) is 49.1. The van der Waals surface area contributed by atoms with Crippen molar-refractivity contribution < 1.29 is 18.4 Å². The third kappa shape index (κ3) is 58.1. The quantitative estimate of drug-likeness (QED) is 0.0325. The van der Waals surface area contributed by atoms with Crippen LogP contribution in [-0.2, 0) is 9.46 Å². The molecule has 0 radical (unpaired) electrons. The molecule has 0 aromatic heterocycles. The van der Waals surface area contributed by atoms with Crippen LogP contribution in [0.25, 0.3) is 0 Å². The molecule has 0 unspecified atom stereocenters. The molecule has 57 heavy (non-hydrogen) atoms. The summed E-state index contributed by atoms with van der Waals surface area (Å²) in [6.07, 6.45) is 51.7. The number of nitrogens with zero attached hydrogens (tertiary/aromatic N) is 2. The Kier molecular flexibility index (Phi) is 54.7. The molecule has 356 valence electrons. The number of hydrogen-bond donors (Lipinski definition) is 0. The van der Waals surface area contributed by atoms with Gasteiger partial charge < -0.3 is 8.97 Å². The molecule has 7 heteroatoms. The van der Waals surface area contributed by atoms with Crippen LogP contribution in [0, 0.1) is 0 Å². The van der Waals surface area contributed by atoms with Gasteiger partial charge in [-0.05, 0) is 77.0 Å². The zero-order chi connectivity index (χ0) is 43.2. The van der Waals surface area contributed by atoms with Gasteiger partial charge in [0.15, 0.2) is 0 Å². The fourth-order valence-electron chi connectivity index (χ4n) is 8.31. The third-order valence-electron chi connectivity index (χ3n) is 12.3. The zero-order valence-electron chi connectivity index (χ0n) is 40.4. The van der Waals surface area contributed by atoms with Gasteiger partial charge in [-0.2, -0.15) is 0 Å². The maximum absolute atomic E-state index is 5.28. The molecular weight excluding hydrogens is 966 g/mol. The summed E-state index contributed by atoms with van der Waals surface area (Å²) in [5.41, 5.74) is 0. The zero-order valence-corrected chi connectivity index (χ0v) is 46.7. The Bertz CT molecular complexity index is 598. The fraction of sp³-hybridized carbons (Fsp3) is 1.00. The summed E-state index contributed by atoms with van der Waals surface area (Å²) in [6, 6.07) is 0. The van der Waals surface area contributed by atoms with E-state index in [2.05, 4.69) is 82.5 Å². The van der Waals surface area contributed by atoms with Crippen LogP contribution >= 0.6 is 45.9 Å².